The van der Waals surface area contributed by atoms with Crippen molar-refractivity contribution in [3.63, 3.8) is 0 Å². The molecule has 0 saturated heterocycles. The molecule has 5 nitrogen and oxygen atoms in total. The first-order valence-corrected chi connectivity index (χ1v) is 11.5. The summed E-state index contributed by atoms with van der Waals surface area (Å²) in [6, 6.07) is 19.9. The van der Waals surface area contributed by atoms with E-state index in [1.165, 1.54) is 16.6 Å². The summed E-state index contributed by atoms with van der Waals surface area (Å²) in [5.74, 6) is 1.21. The zero-order valence-corrected chi connectivity index (χ0v) is 18.4. The number of fused-ring (bicyclic) bond motifs is 3. The van der Waals surface area contributed by atoms with Crippen LogP contribution in [0.1, 0.15) is 21.5 Å². The molecule has 3 heterocycles. The van der Waals surface area contributed by atoms with Crippen LogP contribution in [0.25, 0.3) is 11.3 Å². The number of hydrogen-bond donors (Lipinski definition) is 1. The Balaban J connectivity index is 1.47. The number of para-hydroxylation sites is 1. The van der Waals surface area contributed by atoms with Crippen LogP contribution < -0.4 is 10.1 Å². The number of benzene rings is 2. The molecule has 4 aromatic rings. The van der Waals surface area contributed by atoms with E-state index in [1.54, 1.807) is 11.3 Å². The fourth-order valence-corrected chi connectivity index (χ4v) is 4.88. The van der Waals surface area contributed by atoms with Crippen LogP contribution in [-0.4, -0.2) is 15.2 Å². The van der Waals surface area contributed by atoms with E-state index in [0.29, 0.717) is 16.7 Å². The van der Waals surface area contributed by atoms with Crippen molar-refractivity contribution in [1.29, 1.82) is 0 Å². The lowest BCUT2D eigenvalue weighted by atomic mass is 10.1. The van der Waals surface area contributed by atoms with Crippen molar-refractivity contribution in [2.24, 2.45) is 0 Å². The Hall–Kier alpha value is -2.61. The van der Waals surface area contributed by atoms with Crippen molar-refractivity contribution in [1.82, 2.24) is 15.2 Å². The molecule has 1 atom stereocenters. The molecule has 150 valence electrons. The third-order valence-corrected chi connectivity index (χ3v) is 6.84. The molecule has 1 aliphatic heterocycles. The largest absolute Gasteiger partial charge is 0.447 e. The minimum Gasteiger partial charge on any atom is -0.447 e. The number of nitrogens with one attached hydrogen (secondary N) is 1. The lowest BCUT2D eigenvalue weighted by Gasteiger charge is -2.17. The van der Waals surface area contributed by atoms with E-state index >= 15 is 0 Å². The van der Waals surface area contributed by atoms with E-state index in [-0.39, 0.29) is 6.23 Å². The molecular weight excluding hydrogens is 436 g/mol. The number of halogens is 1. The van der Waals surface area contributed by atoms with Crippen LogP contribution in [0, 0.1) is 6.92 Å². The Morgan fingerprint density at radius 1 is 1.07 bits per heavy atom. The summed E-state index contributed by atoms with van der Waals surface area (Å²) in [5, 5.41) is 13.6. The van der Waals surface area contributed by atoms with Gasteiger partial charge in [-0.3, -0.25) is 0 Å². The van der Waals surface area contributed by atoms with Crippen LogP contribution >= 0.6 is 34.7 Å². The summed E-state index contributed by atoms with van der Waals surface area (Å²) in [6.07, 6.45) is -0.336. The number of nitrogens with zero attached hydrogens (tertiary/aromatic N) is 3. The van der Waals surface area contributed by atoms with Crippen LogP contribution in [0.2, 0.25) is 5.02 Å². The van der Waals surface area contributed by atoms with Crippen LogP contribution in [0.3, 0.4) is 0 Å². The molecule has 1 aliphatic rings. The maximum Gasteiger partial charge on any atom is 0.247 e. The number of thiophene rings is 1. The molecule has 8 heteroatoms. The molecule has 0 radical (unpaired) electrons. The van der Waals surface area contributed by atoms with Crippen molar-refractivity contribution in [3.05, 3.63) is 81.0 Å². The van der Waals surface area contributed by atoms with Gasteiger partial charge in [0.25, 0.3) is 0 Å². The fraction of sp³-hybridized carbons (Fsp3) is 0.136. The third kappa shape index (κ3) is 4.01. The molecule has 0 aliphatic carbocycles. The molecule has 0 amide bonds. The molecular formula is C22H17ClN4OS2. The number of aromatic nitrogens is 3. The van der Waals surface area contributed by atoms with Crippen molar-refractivity contribution < 1.29 is 4.74 Å². The summed E-state index contributed by atoms with van der Waals surface area (Å²) in [4.78, 5) is 7.01. The van der Waals surface area contributed by atoms with Crippen LogP contribution in [0.5, 0.6) is 5.88 Å². The fourth-order valence-electron chi connectivity index (χ4n) is 3.16. The van der Waals surface area contributed by atoms with Gasteiger partial charge in [-0.2, -0.15) is 4.98 Å². The average Bonchev–Trinajstić information content (AvgIpc) is 3.12. The second-order valence-electron chi connectivity index (χ2n) is 6.80. The highest BCUT2D eigenvalue weighted by atomic mass is 35.5. The lowest BCUT2D eigenvalue weighted by molar-refractivity contribution is 0.229. The van der Waals surface area contributed by atoms with Gasteiger partial charge < -0.3 is 10.1 Å². The summed E-state index contributed by atoms with van der Waals surface area (Å²) < 4.78 is 6.30. The topological polar surface area (TPSA) is 59.9 Å². The van der Waals surface area contributed by atoms with Crippen LogP contribution in [0.4, 0.5) is 5.69 Å². The Kier molecular flexibility index (Phi) is 5.33. The van der Waals surface area contributed by atoms with Gasteiger partial charge in [0.15, 0.2) is 5.69 Å². The van der Waals surface area contributed by atoms with E-state index in [2.05, 4.69) is 34.6 Å². The van der Waals surface area contributed by atoms with Gasteiger partial charge in [0.2, 0.25) is 17.3 Å². The van der Waals surface area contributed by atoms with Crippen molar-refractivity contribution in [3.8, 4) is 17.1 Å². The van der Waals surface area contributed by atoms with Crippen molar-refractivity contribution in [2.45, 2.75) is 24.1 Å². The van der Waals surface area contributed by atoms with E-state index < -0.39 is 0 Å². The highest BCUT2D eigenvalue weighted by Gasteiger charge is 2.26. The average molecular weight is 453 g/mol. The van der Waals surface area contributed by atoms with E-state index in [4.69, 9.17) is 21.3 Å². The van der Waals surface area contributed by atoms with E-state index in [9.17, 15) is 0 Å². The van der Waals surface area contributed by atoms with Gasteiger partial charge in [-0.25, -0.2) is 0 Å². The minimum atomic E-state index is -0.336. The number of ether oxygens (including phenoxy) is 1. The standard InChI is InChI=1S/C22H17ClN4OS2/c1-13-6-11-18(30-13)20-24-17-5-3-2-4-16(17)19-21(28-20)25-22(27-26-19)29-12-14-7-9-15(23)10-8-14/h2-11,20,24H,12H2,1H3/t20-/m0/s1. The molecule has 2 aromatic carbocycles. The minimum absolute atomic E-state index is 0.336. The number of aryl methyl sites for hydroxylation is 1. The Morgan fingerprint density at radius 3 is 2.70 bits per heavy atom. The van der Waals surface area contributed by atoms with Gasteiger partial charge >= 0.3 is 0 Å². The zero-order chi connectivity index (χ0) is 20.5. The van der Waals surface area contributed by atoms with Crippen molar-refractivity contribution >= 4 is 40.4 Å². The Labute approximate surface area is 187 Å². The van der Waals surface area contributed by atoms with Gasteiger partial charge in [-0.15, -0.1) is 21.5 Å². The molecule has 30 heavy (non-hydrogen) atoms. The zero-order valence-electron chi connectivity index (χ0n) is 16.0. The van der Waals surface area contributed by atoms with Crippen LogP contribution in [0.15, 0.2) is 65.8 Å². The molecule has 0 saturated carbocycles. The SMILES string of the molecule is Cc1ccc([C@H]2Nc3ccccc3-c3nnc(SCc4ccc(Cl)cc4)nc3O2)s1. The predicted octanol–water partition coefficient (Wildman–Crippen LogP) is 6.36. The quantitative estimate of drug-likeness (QED) is 0.363. The second-order valence-corrected chi connectivity index (χ2v) is 9.50. The van der Waals surface area contributed by atoms with Crippen LogP contribution in [-0.2, 0) is 5.75 Å². The van der Waals surface area contributed by atoms with Gasteiger partial charge in [0.05, 0.1) is 4.88 Å². The second kappa shape index (κ2) is 8.26. The molecule has 2 aromatic heterocycles. The Bertz CT molecular complexity index is 1200. The van der Waals surface area contributed by atoms with E-state index in [1.807, 2.05) is 48.5 Å². The molecule has 0 unspecified atom stereocenters. The van der Waals surface area contributed by atoms with Gasteiger partial charge in [0, 0.05) is 26.9 Å². The lowest BCUT2D eigenvalue weighted by Crippen LogP contribution is -2.15. The molecule has 0 spiro atoms. The normalized spacial score (nSPS) is 14.8. The van der Waals surface area contributed by atoms with E-state index in [0.717, 1.165) is 32.5 Å². The Morgan fingerprint density at radius 2 is 1.90 bits per heavy atom. The summed E-state index contributed by atoms with van der Waals surface area (Å²) in [7, 11) is 0. The maximum absolute atomic E-state index is 6.30. The molecule has 1 N–H and O–H groups in total. The third-order valence-electron chi connectivity index (χ3n) is 4.63. The monoisotopic (exact) mass is 452 g/mol. The first-order chi connectivity index (χ1) is 14.7. The molecule has 0 bridgehead atoms. The number of rotatable bonds is 4. The van der Waals surface area contributed by atoms with Gasteiger partial charge in [-0.05, 0) is 42.8 Å². The first kappa shape index (κ1) is 19.4. The summed E-state index contributed by atoms with van der Waals surface area (Å²) in [5.41, 5.74) is 3.66. The molecule has 0 fully saturated rings. The summed E-state index contributed by atoms with van der Waals surface area (Å²) >= 11 is 9.18. The first-order valence-electron chi connectivity index (χ1n) is 9.36. The summed E-state index contributed by atoms with van der Waals surface area (Å²) in [6.45, 7) is 2.09. The number of anilines is 1. The van der Waals surface area contributed by atoms with Gasteiger partial charge in [-0.1, -0.05) is 53.7 Å². The predicted molar refractivity (Wildman–Crippen MR) is 122 cm³/mol. The smallest absolute Gasteiger partial charge is 0.247 e. The highest BCUT2D eigenvalue weighted by Crippen LogP contribution is 2.40. The van der Waals surface area contributed by atoms with Gasteiger partial charge in [0.1, 0.15) is 0 Å². The maximum atomic E-state index is 6.30. The van der Waals surface area contributed by atoms with Crippen molar-refractivity contribution in [2.75, 3.05) is 5.32 Å². The number of thioether (sulfide) groups is 1. The molecule has 5 rings (SSSR count). The number of hydrogen-bond acceptors (Lipinski definition) is 7. The highest BCUT2D eigenvalue weighted by molar-refractivity contribution is 7.98.